The maximum absolute atomic E-state index is 13.7. The molecule has 9 nitrogen and oxygen atoms in total. The van der Waals surface area contributed by atoms with Gasteiger partial charge in [-0.15, -0.1) is 0 Å². The van der Waals surface area contributed by atoms with Gasteiger partial charge < -0.3 is 10.6 Å². The second-order valence-electron chi connectivity index (χ2n) is 10.4. The fraction of sp³-hybridized carbons (Fsp3) is 0.379. The number of amides is 1. The fourth-order valence-corrected chi connectivity index (χ4v) is 7.91. The lowest BCUT2D eigenvalue weighted by Crippen LogP contribution is -2.46. The molecule has 1 amide bonds. The van der Waals surface area contributed by atoms with Gasteiger partial charge in [0.25, 0.3) is 0 Å². The first-order chi connectivity index (χ1) is 19.5. The van der Waals surface area contributed by atoms with Crippen molar-refractivity contribution in [1.29, 1.82) is 0 Å². The van der Waals surface area contributed by atoms with Crippen LogP contribution in [0.3, 0.4) is 0 Å². The largest absolute Gasteiger partial charge is 0.314 e. The van der Waals surface area contributed by atoms with E-state index in [-0.39, 0.29) is 10.8 Å². The van der Waals surface area contributed by atoms with Crippen molar-refractivity contribution >= 4 is 42.7 Å². The Morgan fingerprint density at radius 2 is 1.73 bits per heavy atom. The number of nitrogens with zero attached hydrogens (tertiary/aromatic N) is 4. The molecular formula is C29H32N6O3S2. The van der Waals surface area contributed by atoms with Crippen molar-refractivity contribution in [1.82, 2.24) is 24.6 Å². The van der Waals surface area contributed by atoms with E-state index in [9.17, 15) is 13.2 Å². The Morgan fingerprint density at radius 1 is 1.00 bits per heavy atom. The number of hydrogen-bond donors (Lipinski definition) is 2. The Hall–Kier alpha value is -3.25. The Labute approximate surface area is 238 Å². The number of anilines is 1. The second-order valence-corrected chi connectivity index (χ2v) is 13.3. The average Bonchev–Trinajstić information content (AvgIpc) is 3.66. The lowest BCUT2D eigenvalue weighted by atomic mass is 9.87. The molecule has 1 saturated heterocycles. The smallest absolute Gasteiger partial charge is 0.243 e. The topological polar surface area (TPSA) is 117 Å². The minimum absolute atomic E-state index is 0.127. The molecule has 2 aliphatic rings. The quantitative estimate of drug-likeness (QED) is 0.314. The highest BCUT2D eigenvalue weighted by Crippen LogP contribution is 2.36. The molecular weight excluding hydrogens is 544 g/mol. The third-order valence-electron chi connectivity index (χ3n) is 7.82. The summed E-state index contributed by atoms with van der Waals surface area (Å²) in [6.45, 7) is 2.20. The van der Waals surface area contributed by atoms with Gasteiger partial charge in [0.2, 0.25) is 15.9 Å². The van der Waals surface area contributed by atoms with E-state index in [1.807, 2.05) is 24.3 Å². The van der Waals surface area contributed by atoms with E-state index in [0.717, 1.165) is 46.4 Å². The summed E-state index contributed by atoms with van der Waals surface area (Å²) in [6, 6.07) is 14.5. The van der Waals surface area contributed by atoms with Gasteiger partial charge in [-0.05, 0) is 54.3 Å². The van der Waals surface area contributed by atoms with Crippen LogP contribution in [0.4, 0.5) is 5.13 Å². The minimum atomic E-state index is -3.56. The van der Waals surface area contributed by atoms with Crippen LogP contribution in [0.1, 0.15) is 43.6 Å². The lowest BCUT2D eigenvalue weighted by Gasteiger charge is -2.27. The molecule has 0 spiro atoms. The summed E-state index contributed by atoms with van der Waals surface area (Å²) in [4.78, 5) is 28.1. The van der Waals surface area contributed by atoms with Crippen molar-refractivity contribution in [2.24, 2.45) is 5.92 Å². The van der Waals surface area contributed by atoms with E-state index in [2.05, 4.69) is 20.6 Å². The number of thiazole rings is 1. The molecule has 1 atom stereocenters. The highest BCUT2D eigenvalue weighted by molar-refractivity contribution is 7.89. The molecule has 1 aliphatic carbocycles. The zero-order valence-electron chi connectivity index (χ0n) is 22.1. The van der Waals surface area contributed by atoms with Gasteiger partial charge in [0.05, 0.1) is 16.5 Å². The van der Waals surface area contributed by atoms with Gasteiger partial charge in [-0.3, -0.25) is 9.78 Å². The Balaban J connectivity index is 1.23. The highest BCUT2D eigenvalue weighted by atomic mass is 32.2. The Morgan fingerprint density at radius 3 is 2.45 bits per heavy atom. The molecule has 2 N–H and O–H groups in total. The number of carbonyl (C=O) groups is 1. The first kappa shape index (κ1) is 26.9. The van der Waals surface area contributed by atoms with Crippen LogP contribution in [0.5, 0.6) is 0 Å². The maximum atomic E-state index is 13.7. The molecule has 6 rings (SSSR count). The number of benzene rings is 1. The number of nitrogens with one attached hydrogen (secondary N) is 2. The number of rotatable bonds is 8. The SMILES string of the molecule is O=C(Nc1nc2ccc(-c3ccncc3)nc2s1)C(CC1CCCC1)c1ccc(S(=O)(=O)N2CCNCC2)cc1. The molecule has 4 heterocycles. The van der Waals surface area contributed by atoms with Gasteiger partial charge in [0, 0.05) is 44.1 Å². The van der Waals surface area contributed by atoms with E-state index in [4.69, 9.17) is 4.98 Å². The summed E-state index contributed by atoms with van der Waals surface area (Å²) in [5, 5.41) is 6.74. The third kappa shape index (κ3) is 5.78. The van der Waals surface area contributed by atoms with E-state index >= 15 is 0 Å². The number of pyridine rings is 2. The molecule has 1 aliphatic heterocycles. The van der Waals surface area contributed by atoms with E-state index in [0.29, 0.717) is 37.2 Å². The van der Waals surface area contributed by atoms with E-state index < -0.39 is 15.9 Å². The third-order valence-corrected chi connectivity index (χ3v) is 10.6. The number of carbonyl (C=O) groups excluding carboxylic acids is 1. The van der Waals surface area contributed by atoms with Gasteiger partial charge in [0.1, 0.15) is 10.3 Å². The summed E-state index contributed by atoms with van der Waals surface area (Å²) in [7, 11) is -3.56. The molecule has 3 aromatic heterocycles. The number of fused-ring (bicyclic) bond motifs is 1. The summed E-state index contributed by atoms with van der Waals surface area (Å²) < 4.78 is 27.8. The first-order valence-corrected chi connectivity index (χ1v) is 16.0. The molecule has 0 bridgehead atoms. The fourth-order valence-electron chi connectivity index (χ4n) is 5.63. The number of sulfonamides is 1. The summed E-state index contributed by atoms with van der Waals surface area (Å²) in [5.41, 5.74) is 3.34. The van der Waals surface area contributed by atoms with Crippen LogP contribution in [0, 0.1) is 5.92 Å². The standard InChI is InChI=1S/C29H32N6O3S2/c36-27(34-29-33-26-10-9-25(32-28(26)39-29)22-11-13-30-14-12-22)24(19-20-3-1-2-4-20)21-5-7-23(8-6-21)40(37,38)35-17-15-31-16-18-35/h5-14,20,24,31H,1-4,15-19H2,(H,33,34,36). The van der Waals surface area contributed by atoms with Crippen LogP contribution in [-0.4, -0.2) is 59.8 Å². The van der Waals surface area contributed by atoms with Gasteiger partial charge in [0.15, 0.2) is 5.13 Å². The zero-order chi connectivity index (χ0) is 27.5. The van der Waals surface area contributed by atoms with E-state index in [1.165, 1.54) is 28.5 Å². The normalized spacial score (nSPS) is 17.7. The minimum Gasteiger partial charge on any atom is -0.314 e. The lowest BCUT2D eigenvalue weighted by molar-refractivity contribution is -0.118. The zero-order valence-corrected chi connectivity index (χ0v) is 23.8. The molecule has 1 saturated carbocycles. The summed E-state index contributed by atoms with van der Waals surface area (Å²) in [6.07, 6.45) is 8.79. The Kier molecular flexibility index (Phi) is 7.88. The van der Waals surface area contributed by atoms with Crippen molar-refractivity contribution in [3.05, 3.63) is 66.5 Å². The van der Waals surface area contributed by atoms with Crippen LogP contribution >= 0.6 is 11.3 Å². The highest BCUT2D eigenvalue weighted by Gasteiger charge is 2.29. The average molecular weight is 577 g/mol. The van der Waals surface area contributed by atoms with Gasteiger partial charge in [-0.25, -0.2) is 18.4 Å². The molecule has 208 valence electrons. The molecule has 11 heteroatoms. The van der Waals surface area contributed by atoms with Crippen LogP contribution in [0.15, 0.2) is 65.8 Å². The number of aromatic nitrogens is 3. The van der Waals surface area contributed by atoms with Crippen LogP contribution in [0.2, 0.25) is 0 Å². The summed E-state index contributed by atoms with van der Waals surface area (Å²) in [5.74, 6) is -0.0515. The molecule has 4 aromatic rings. The van der Waals surface area contributed by atoms with Crippen LogP contribution in [-0.2, 0) is 14.8 Å². The van der Waals surface area contributed by atoms with Gasteiger partial charge in [-0.1, -0.05) is 49.2 Å². The van der Waals surface area contributed by atoms with Crippen LogP contribution in [0.25, 0.3) is 21.6 Å². The number of piperazine rings is 1. The predicted octanol–water partition coefficient (Wildman–Crippen LogP) is 4.65. The Bertz CT molecular complexity index is 1580. The van der Waals surface area contributed by atoms with Crippen LogP contribution < -0.4 is 10.6 Å². The monoisotopic (exact) mass is 576 g/mol. The van der Waals surface area contributed by atoms with Crippen molar-refractivity contribution in [2.75, 3.05) is 31.5 Å². The van der Waals surface area contributed by atoms with Crippen molar-refractivity contribution < 1.29 is 13.2 Å². The van der Waals surface area contributed by atoms with Gasteiger partial charge >= 0.3 is 0 Å². The summed E-state index contributed by atoms with van der Waals surface area (Å²) >= 11 is 1.35. The van der Waals surface area contributed by atoms with Crippen molar-refractivity contribution in [2.45, 2.75) is 42.9 Å². The van der Waals surface area contributed by atoms with E-state index in [1.54, 1.807) is 36.7 Å². The molecule has 1 unspecified atom stereocenters. The molecule has 40 heavy (non-hydrogen) atoms. The van der Waals surface area contributed by atoms with Crippen molar-refractivity contribution in [3.8, 4) is 11.3 Å². The first-order valence-electron chi connectivity index (χ1n) is 13.8. The van der Waals surface area contributed by atoms with Crippen molar-refractivity contribution in [3.63, 3.8) is 0 Å². The van der Waals surface area contributed by atoms with Gasteiger partial charge in [-0.2, -0.15) is 4.31 Å². The molecule has 1 aromatic carbocycles. The molecule has 0 radical (unpaired) electrons. The maximum Gasteiger partial charge on any atom is 0.243 e. The molecule has 2 fully saturated rings. The second kappa shape index (κ2) is 11.7. The number of hydrogen-bond acceptors (Lipinski definition) is 8. The predicted molar refractivity (Wildman–Crippen MR) is 157 cm³/mol.